The molecule has 274 valence electrons. The minimum Gasteiger partial charge on any atom is -0.478 e. The molecule has 6 aromatic rings. The molecule has 0 spiro atoms. The Kier molecular flexibility index (Phi) is 10.4. The summed E-state index contributed by atoms with van der Waals surface area (Å²) in [6.45, 7) is 10.5. The first-order chi connectivity index (χ1) is 25.6. The maximum atomic E-state index is 12.3. The van der Waals surface area contributed by atoms with Gasteiger partial charge in [-0.25, -0.2) is 9.59 Å². The number of pyridine rings is 2. The summed E-state index contributed by atoms with van der Waals surface area (Å²) in [4.78, 5) is 33.0. The Morgan fingerprint density at radius 3 is 1.57 bits per heavy atom. The third-order valence-corrected chi connectivity index (χ3v) is 9.95. The van der Waals surface area contributed by atoms with E-state index in [0.717, 1.165) is 75.7 Å². The number of aromatic carboxylic acids is 1. The van der Waals surface area contributed by atoms with E-state index in [1.807, 2.05) is 52.4 Å². The number of rotatable bonds is 12. The van der Waals surface area contributed by atoms with Crippen LogP contribution in [0.1, 0.15) is 120 Å². The van der Waals surface area contributed by atoms with Gasteiger partial charge in [0, 0.05) is 49.1 Å². The van der Waals surface area contributed by atoms with E-state index < -0.39 is 5.97 Å². The fourth-order valence-corrected chi connectivity index (χ4v) is 6.91. The smallest absolute Gasteiger partial charge is 0.339 e. The van der Waals surface area contributed by atoms with Crippen molar-refractivity contribution in [2.75, 3.05) is 7.11 Å². The minimum absolute atomic E-state index is 0.314. The monoisotopic (exact) mass is 712 g/mol. The lowest BCUT2D eigenvalue weighted by Gasteiger charge is -2.10. The molecule has 4 heterocycles. The normalized spacial score (nSPS) is 14.2. The standard InChI is InChI=1S/C22H25N3O2.C21H23N3O2/c1-14(2)13-25-21-7-4-15(8-18(21)12-24-25)9-20-19(22(26)27-3)10-17(11-23-20)16-5-6-16;1-13(2)12-24-20-6-3-14(7-17(20)11-23-24)8-19-18(21(25)26)9-16(10-22-19)15-4-5-15/h4,7-8,10-12,14,16H,5-6,9,13H2,1-3H3;3,6-7,9-11,13,15H,4-5,8,12H2,1-2H3,(H,25,26). The molecule has 2 fully saturated rings. The number of ether oxygens (including phenoxy) is 1. The van der Waals surface area contributed by atoms with Crippen LogP contribution in [0, 0.1) is 11.8 Å². The fourth-order valence-electron chi connectivity index (χ4n) is 6.91. The topological polar surface area (TPSA) is 125 Å². The maximum Gasteiger partial charge on any atom is 0.339 e. The van der Waals surface area contributed by atoms with E-state index in [9.17, 15) is 14.7 Å². The quantitative estimate of drug-likeness (QED) is 0.125. The Morgan fingerprint density at radius 1 is 0.698 bits per heavy atom. The molecule has 0 radical (unpaired) electrons. The largest absolute Gasteiger partial charge is 0.478 e. The van der Waals surface area contributed by atoms with Gasteiger partial charge >= 0.3 is 11.9 Å². The van der Waals surface area contributed by atoms with Crippen molar-refractivity contribution in [3.05, 3.63) is 118 Å². The van der Waals surface area contributed by atoms with Crippen molar-refractivity contribution < 1.29 is 19.4 Å². The molecule has 2 aliphatic carbocycles. The number of carboxylic acids is 1. The van der Waals surface area contributed by atoms with Crippen LogP contribution in [0.5, 0.6) is 0 Å². The summed E-state index contributed by atoms with van der Waals surface area (Å²) in [5.74, 6) is 0.914. The van der Waals surface area contributed by atoms with Gasteiger partial charge in [0.15, 0.2) is 0 Å². The number of nitrogens with zero attached hydrogens (tertiary/aromatic N) is 6. The maximum absolute atomic E-state index is 12.3. The predicted octanol–water partition coefficient (Wildman–Crippen LogP) is 8.60. The number of aromatic nitrogens is 6. The van der Waals surface area contributed by atoms with Crippen molar-refractivity contribution in [2.45, 2.75) is 91.1 Å². The molecule has 0 aliphatic heterocycles. The average molecular weight is 713 g/mol. The second kappa shape index (κ2) is 15.3. The predicted molar refractivity (Wildman–Crippen MR) is 205 cm³/mol. The van der Waals surface area contributed by atoms with Gasteiger partial charge in [0.25, 0.3) is 0 Å². The van der Waals surface area contributed by atoms with Gasteiger partial charge in [-0.1, -0.05) is 39.8 Å². The van der Waals surface area contributed by atoms with Crippen molar-refractivity contribution in [1.82, 2.24) is 29.5 Å². The summed E-state index contributed by atoms with van der Waals surface area (Å²) in [6, 6.07) is 16.3. The van der Waals surface area contributed by atoms with Crippen molar-refractivity contribution in [3.8, 4) is 0 Å². The summed E-state index contributed by atoms with van der Waals surface area (Å²) in [7, 11) is 1.42. The van der Waals surface area contributed by atoms with Crippen molar-refractivity contribution >= 4 is 33.7 Å². The van der Waals surface area contributed by atoms with Crippen molar-refractivity contribution in [1.29, 1.82) is 0 Å². The van der Waals surface area contributed by atoms with Gasteiger partial charge in [-0.05, 0) is 108 Å². The van der Waals surface area contributed by atoms with Crippen LogP contribution in [-0.2, 0) is 30.7 Å². The van der Waals surface area contributed by atoms with Crippen LogP contribution in [0.2, 0.25) is 0 Å². The zero-order chi connectivity index (χ0) is 37.2. The number of fused-ring (bicyclic) bond motifs is 2. The van der Waals surface area contributed by atoms with Gasteiger partial charge in [-0.15, -0.1) is 0 Å². The van der Waals surface area contributed by atoms with Gasteiger partial charge in [0.2, 0.25) is 0 Å². The Balaban J connectivity index is 0.000000164. The number of hydrogen-bond donors (Lipinski definition) is 1. The molecule has 8 rings (SSSR count). The highest BCUT2D eigenvalue weighted by molar-refractivity contribution is 5.91. The molecule has 53 heavy (non-hydrogen) atoms. The number of carbonyl (C=O) groups is 2. The van der Waals surface area contributed by atoms with E-state index in [2.05, 4.69) is 78.2 Å². The molecule has 0 unspecified atom stereocenters. The van der Waals surface area contributed by atoms with Crippen LogP contribution in [0.25, 0.3) is 21.8 Å². The van der Waals surface area contributed by atoms with E-state index >= 15 is 0 Å². The van der Waals surface area contributed by atoms with Crippen LogP contribution >= 0.6 is 0 Å². The molecule has 0 atom stereocenters. The molecule has 0 saturated heterocycles. The van der Waals surface area contributed by atoms with Crippen molar-refractivity contribution in [2.24, 2.45) is 11.8 Å². The molecular formula is C43H48N6O4. The third kappa shape index (κ3) is 8.48. The second-order valence-electron chi connectivity index (χ2n) is 15.5. The molecule has 2 aromatic carbocycles. The molecule has 0 bridgehead atoms. The summed E-state index contributed by atoms with van der Waals surface area (Å²) < 4.78 is 9.06. The van der Waals surface area contributed by atoms with E-state index in [4.69, 9.17) is 4.74 Å². The first kappa shape index (κ1) is 36.0. The van der Waals surface area contributed by atoms with Crippen LogP contribution in [0.3, 0.4) is 0 Å². The third-order valence-electron chi connectivity index (χ3n) is 9.95. The molecular weight excluding hydrogens is 665 g/mol. The Morgan fingerprint density at radius 2 is 1.15 bits per heavy atom. The highest BCUT2D eigenvalue weighted by Crippen LogP contribution is 2.41. The molecule has 4 aromatic heterocycles. The Hall–Kier alpha value is -5.38. The van der Waals surface area contributed by atoms with Gasteiger partial charge < -0.3 is 9.84 Å². The molecule has 2 saturated carbocycles. The average Bonchev–Trinajstić information content (AvgIpc) is 4.08. The SMILES string of the molecule is CC(C)Cn1ncc2cc(Cc3ncc(C4CC4)cc3C(=O)O)ccc21.COC(=O)c1cc(C2CC2)cnc1Cc1ccc2c(cnn2CC(C)C)c1. The first-order valence-electron chi connectivity index (χ1n) is 18.7. The number of carboxylic acid groups (broad SMARTS) is 1. The first-order valence-corrected chi connectivity index (χ1v) is 18.7. The number of hydrogen-bond acceptors (Lipinski definition) is 7. The highest BCUT2D eigenvalue weighted by Gasteiger charge is 2.27. The summed E-state index contributed by atoms with van der Waals surface area (Å²) >= 11 is 0. The van der Waals surface area contributed by atoms with Gasteiger partial charge in [0.05, 0.1) is 53.1 Å². The van der Waals surface area contributed by atoms with Crippen LogP contribution < -0.4 is 0 Å². The number of benzene rings is 2. The second-order valence-corrected chi connectivity index (χ2v) is 15.5. The Labute approximate surface area is 310 Å². The lowest BCUT2D eigenvalue weighted by molar-refractivity contribution is 0.0598. The Bertz CT molecular complexity index is 2280. The van der Waals surface area contributed by atoms with Crippen LogP contribution in [0.15, 0.2) is 73.3 Å². The molecule has 0 amide bonds. The van der Waals surface area contributed by atoms with E-state index in [0.29, 0.717) is 53.3 Å². The van der Waals surface area contributed by atoms with Crippen molar-refractivity contribution in [3.63, 3.8) is 0 Å². The van der Waals surface area contributed by atoms with E-state index in [-0.39, 0.29) is 5.97 Å². The van der Waals surface area contributed by atoms with Gasteiger partial charge in [0.1, 0.15) is 0 Å². The molecule has 10 nitrogen and oxygen atoms in total. The van der Waals surface area contributed by atoms with Crippen LogP contribution in [-0.4, -0.2) is 53.7 Å². The van der Waals surface area contributed by atoms with E-state index in [1.165, 1.54) is 20.0 Å². The summed E-state index contributed by atoms with van der Waals surface area (Å²) in [5, 5.41) is 20.7. The summed E-state index contributed by atoms with van der Waals surface area (Å²) in [5.41, 5.74) is 8.90. The lowest BCUT2D eigenvalue weighted by Crippen LogP contribution is -2.09. The number of esters is 1. The highest BCUT2D eigenvalue weighted by atomic mass is 16.5. The zero-order valence-electron chi connectivity index (χ0n) is 31.2. The summed E-state index contributed by atoms with van der Waals surface area (Å²) in [6.07, 6.45) is 13.3. The van der Waals surface area contributed by atoms with E-state index in [1.54, 1.807) is 0 Å². The fraction of sp³-hybridized carbons (Fsp3) is 0.395. The zero-order valence-corrected chi connectivity index (χ0v) is 31.2. The number of carbonyl (C=O) groups excluding carboxylic acids is 1. The molecule has 2 aliphatic rings. The lowest BCUT2D eigenvalue weighted by atomic mass is 10.0. The molecule has 1 N–H and O–H groups in total. The molecule has 10 heteroatoms. The van der Waals surface area contributed by atoms with Gasteiger partial charge in [-0.3, -0.25) is 19.3 Å². The number of methoxy groups -OCH3 is 1. The van der Waals surface area contributed by atoms with Crippen LogP contribution in [0.4, 0.5) is 0 Å². The minimum atomic E-state index is -0.902. The van der Waals surface area contributed by atoms with Gasteiger partial charge in [-0.2, -0.15) is 10.2 Å².